The van der Waals surface area contributed by atoms with Crippen molar-refractivity contribution < 1.29 is 4.79 Å². The van der Waals surface area contributed by atoms with Gasteiger partial charge >= 0.3 is 0 Å². The minimum Gasteiger partial charge on any atom is -0.356 e. The molecule has 0 fully saturated rings. The van der Waals surface area contributed by atoms with Crippen LogP contribution in [0.25, 0.3) is 0 Å². The van der Waals surface area contributed by atoms with Crippen LogP contribution in [0.5, 0.6) is 0 Å². The van der Waals surface area contributed by atoms with Crippen LogP contribution in [0.4, 0.5) is 0 Å². The van der Waals surface area contributed by atoms with Gasteiger partial charge in [-0.2, -0.15) is 0 Å². The Balaban J connectivity index is 1.93. The topological polar surface area (TPSA) is 44.9 Å². The van der Waals surface area contributed by atoms with E-state index in [4.69, 9.17) is 11.6 Å². The van der Waals surface area contributed by atoms with Gasteiger partial charge in [-0.05, 0) is 28.1 Å². The number of hydrogen-bond acceptors (Lipinski definition) is 2. The number of aromatic nitrogens is 1. The first kappa shape index (κ1) is 11.7. The highest BCUT2D eigenvalue weighted by Crippen LogP contribution is 2.19. The first-order valence-electron chi connectivity index (χ1n) is 4.50. The number of hydrogen-bond donors (Lipinski definition) is 2. The predicted molar refractivity (Wildman–Crippen MR) is 69.0 cm³/mol. The Labute approximate surface area is 110 Å². The van der Waals surface area contributed by atoms with Gasteiger partial charge in [0.25, 0.3) is 5.91 Å². The van der Waals surface area contributed by atoms with Crippen LogP contribution in [-0.2, 0) is 6.54 Å². The minimum atomic E-state index is -0.156. The zero-order chi connectivity index (χ0) is 11.5. The van der Waals surface area contributed by atoms with Gasteiger partial charge in [-0.25, -0.2) is 0 Å². The molecule has 0 spiro atoms. The first-order chi connectivity index (χ1) is 7.65. The quantitative estimate of drug-likeness (QED) is 0.894. The smallest absolute Gasteiger partial charge is 0.268 e. The second-order valence-corrected chi connectivity index (χ2v) is 5.49. The monoisotopic (exact) mass is 318 g/mol. The summed E-state index contributed by atoms with van der Waals surface area (Å²) in [6.45, 7) is 0.520. The summed E-state index contributed by atoms with van der Waals surface area (Å²) in [5.41, 5.74) is 0.473. The summed E-state index contributed by atoms with van der Waals surface area (Å²) in [5.74, 6) is -0.156. The maximum atomic E-state index is 11.6. The molecular formula is C10H8BrClN2OS. The lowest BCUT2D eigenvalue weighted by atomic mass is 10.4. The van der Waals surface area contributed by atoms with E-state index in [1.807, 2.05) is 11.4 Å². The number of carbonyl (C=O) groups excluding carboxylic acids is 1. The molecule has 0 radical (unpaired) electrons. The van der Waals surface area contributed by atoms with Crippen LogP contribution in [0.2, 0.25) is 5.02 Å². The molecule has 0 aliphatic heterocycles. The second kappa shape index (κ2) is 5.03. The number of nitrogens with one attached hydrogen (secondary N) is 2. The van der Waals surface area contributed by atoms with Crippen molar-refractivity contribution >= 4 is 44.8 Å². The zero-order valence-corrected chi connectivity index (χ0v) is 11.2. The zero-order valence-electron chi connectivity index (χ0n) is 8.09. The molecule has 2 heterocycles. The van der Waals surface area contributed by atoms with Crippen LogP contribution in [0.15, 0.2) is 28.2 Å². The van der Waals surface area contributed by atoms with Crippen LogP contribution >= 0.6 is 38.9 Å². The highest BCUT2D eigenvalue weighted by molar-refractivity contribution is 9.10. The van der Waals surface area contributed by atoms with E-state index in [2.05, 4.69) is 26.2 Å². The van der Waals surface area contributed by atoms with E-state index in [1.54, 1.807) is 23.6 Å². The van der Waals surface area contributed by atoms with Crippen molar-refractivity contribution in [2.45, 2.75) is 6.54 Å². The molecule has 2 rings (SSSR count). The lowest BCUT2D eigenvalue weighted by molar-refractivity contribution is 0.0947. The third-order valence-electron chi connectivity index (χ3n) is 1.94. The molecular weight excluding hydrogens is 312 g/mol. The Morgan fingerprint density at radius 1 is 1.56 bits per heavy atom. The summed E-state index contributed by atoms with van der Waals surface area (Å²) in [5, 5.41) is 5.31. The molecule has 2 aromatic heterocycles. The van der Waals surface area contributed by atoms with E-state index in [0.29, 0.717) is 17.3 Å². The van der Waals surface area contributed by atoms with Gasteiger partial charge < -0.3 is 10.3 Å². The molecule has 84 valence electrons. The van der Waals surface area contributed by atoms with Gasteiger partial charge in [0.05, 0.1) is 11.6 Å². The molecule has 16 heavy (non-hydrogen) atoms. The van der Waals surface area contributed by atoms with E-state index in [0.717, 1.165) is 9.35 Å². The number of H-pyrrole nitrogens is 1. The Morgan fingerprint density at radius 2 is 2.38 bits per heavy atom. The third-order valence-corrected chi connectivity index (χ3v) is 3.85. The molecule has 2 N–H and O–H groups in total. The van der Waals surface area contributed by atoms with Gasteiger partial charge in [0.2, 0.25) is 0 Å². The molecule has 0 saturated carbocycles. The van der Waals surface area contributed by atoms with Gasteiger partial charge in [0, 0.05) is 20.9 Å². The Kier molecular flexibility index (Phi) is 3.68. The Hall–Kier alpha value is -0.780. The number of thiophene rings is 1. The third kappa shape index (κ3) is 2.87. The first-order valence-corrected chi connectivity index (χ1v) is 6.55. The van der Waals surface area contributed by atoms with Gasteiger partial charge in [-0.1, -0.05) is 11.6 Å². The van der Waals surface area contributed by atoms with Crippen LogP contribution < -0.4 is 5.32 Å². The Bertz CT molecular complexity index is 508. The summed E-state index contributed by atoms with van der Waals surface area (Å²) in [4.78, 5) is 15.5. The largest absolute Gasteiger partial charge is 0.356 e. The Morgan fingerprint density at radius 3 is 2.94 bits per heavy atom. The standard InChI is InChI=1S/C10H8BrClN2OS/c11-6-1-8(16-5-6)4-14-10(15)9-2-7(12)3-13-9/h1-3,5,13H,4H2,(H,14,15). The minimum absolute atomic E-state index is 0.156. The summed E-state index contributed by atoms with van der Waals surface area (Å²) >= 11 is 10.7. The molecule has 0 aliphatic carbocycles. The fraction of sp³-hybridized carbons (Fsp3) is 0.100. The highest BCUT2D eigenvalue weighted by Gasteiger charge is 2.07. The predicted octanol–water partition coefficient (Wildman–Crippen LogP) is 3.42. The summed E-state index contributed by atoms with van der Waals surface area (Å²) in [6, 6.07) is 3.58. The van der Waals surface area contributed by atoms with Crippen molar-refractivity contribution in [2.24, 2.45) is 0 Å². The molecule has 0 atom stereocenters. The van der Waals surface area contributed by atoms with Crippen LogP contribution in [0, 0.1) is 0 Å². The molecule has 0 aromatic carbocycles. The SMILES string of the molecule is O=C(NCc1cc(Br)cs1)c1cc(Cl)c[nH]1. The number of rotatable bonds is 3. The fourth-order valence-electron chi connectivity index (χ4n) is 1.21. The van der Waals surface area contributed by atoms with Crippen LogP contribution in [-0.4, -0.2) is 10.9 Å². The van der Waals surface area contributed by atoms with E-state index < -0.39 is 0 Å². The normalized spacial score (nSPS) is 10.4. The molecule has 0 saturated heterocycles. The van der Waals surface area contributed by atoms with E-state index >= 15 is 0 Å². The lowest BCUT2D eigenvalue weighted by Crippen LogP contribution is -2.22. The molecule has 1 amide bonds. The summed E-state index contributed by atoms with van der Waals surface area (Å²) in [6.07, 6.45) is 1.58. The summed E-state index contributed by atoms with van der Waals surface area (Å²) in [7, 11) is 0. The van der Waals surface area contributed by atoms with E-state index in [9.17, 15) is 4.79 Å². The van der Waals surface area contributed by atoms with Crippen LogP contribution in [0.3, 0.4) is 0 Å². The van der Waals surface area contributed by atoms with Gasteiger partial charge in [0.1, 0.15) is 5.69 Å². The van der Waals surface area contributed by atoms with Crippen molar-refractivity contribution in [3.05, 3.63) is 43.8 Å². The number of amides is 1. The highest BCUT2D eigenvalue weighted by atomic mass is 79.9. The maximum Gasteiger partial charge on any atom is 0.268 e. The van der Waals surface area contributed by atoms with Crippen molar-refractivity contribution in [1.82, 2.24) is 10.3 Å². The average Bonchev–Trinajstić information content (AvgIpc) is 2.84. The van der Waals surface area contributed by atoms with Crippen molar-refractivity contribution in [1.29, 1.82) is 0 Å². The van der Waals surface area contributed by atoms with Gasteiger partial charge in [-0.3, -0.25) is 4.79 Å². The molecule has 2 aromatic rings. The summed E-state index contributed by atoms with van der Waals surface area (Å²) < 4.78 is 1.03. The van der Waals surface area contributed by atoms with Crippen LogP contribution in [0.1, 0.15) is 15.4 Å². The number of carbonyl (C=O) groups is 1. The average molecular weight is 320 g/mol. The maximum absolute atomic E-state index is 11.6. The van der Waals surface area contributed by atoms with E-state index in [-0.39, 0.29) is 5.91 Å². The fourth-order valence-corrected chi connectivity index (χ4v) is 2.76. The molecule has 6 heteroatoms. The van der Waals surface area contributed by atoms with Crippen molar-refractivity contribution in [2.75, 3.05) is 0 Å². The molecule has 3 nitrogen and oxygen atoms in total. The lowest BCUT2D eigenvalue weighted by Gasteiger charge is -2.00. The number of halogens is 2. The van der Waals surface area contributed by atoms with Crippen molar-refractivity contribution in [3.63, 3.8) is 0 Å². The van der Waals surface area contributed by atoms with E-state index in [1.165, 1.54) is 0 Å². The van der Waals surface area contributed by atoms with Gasteiger partial charge in [-0.15, -0.1) is 11.3 Å². The molecule has 0 bridgehead atoms. The second-order valence-electron chi connectivity index (χ2n) is 3.15. The van der Waals surface area contributed by atoms with Gasteiger partial charge in [0.15, 0.2) is 0 Å². The number of aromatic amines is 1. The van der Waals surface area contributed by atoms with Crippen molar-refractivity contribution in [3.8, 4) is 0 Å². The molecule has 0 unspecified atom stereocenters. The molecule has 0 aliphatic rings.